The van der Waals surface area contributed by atoms with Crippen LogP contribution in [0.25, 0.3) is 16.9 Å². The summed E-state index contributed by atoms with van der Waals surface area (Å²) in [6.07, 6.45) is 0.958. The van der Waals surface area contributed by atoms with Crippen LogP contribution in [0.1, 0.15) is 34.5 Å². The number of aromatic nitrogens is 4. The van der Waals surface area contributed by atoms with Crippen LogP contribution in [0.5, 0.6) is 11.6 Å². The van der Waals surface area contributed by atoms with Gasteiger partial charge in [-0.2, -0.15) is 13.2 Å². The minimum absolute atomic E-state index is 0.0331. The number of carbonyl (C=O) groups excluding carboxylic acids is 2. The molecule has 1 fully saturated rings. The number of carbonyl (C=O) groups is 2. The van der Waals surface area contributed by atoms with E-state index in [1.807, 2.05) is 0 Å². The smallest absolute Gasteiger partial charge is 0.436 e. The van der Waals surface area contributed by atoms with Gasteiger partial charge >= 0.3 is 6.18 Å². The van der Waals surface area contributed by atoms with Gasteiger partial charge in [0.25, 0.3) is 11.8 Å². The number of alkyl halides is 3. The Morgan fingerprint density at radius 1 is 1.12 bits per heavy atom. The molecule has 11 nitrogen and oxygen atoms in total. The van der Waals surface area contributed by atoms with Crippen molar-refractivity contribution < 1.29 is 37.1 Å². The number of imidazole rings is 1. The summed E-state index contributed by atoms with van der Waals surface area (Å²) in [5.41, 5.74) is -0.0300. The van der Waals surface area contributed by atoms with Crippen LogP contribution in [0.2, 0.25) is 0 Å². The Morgan fingerprint density at radius 2 is 1.88 bits per heavy atom. The van der Waals surface area contributed by atoms with Gasteiger partial charge in [-0.1, -0.05) is 5.16 Å². The summed E-state index contributed by atoms with van der Waals surface area (Å²) < 4.78 is 51.9. The molecular formula is C26H25F3N6O5. The van der Waals surface area contributed by atoms with Crippen LogP contribution in [0.15, 0.2) is 47.6 Å². The second-order valence-electron chi connectivity index (χ2n) is 9.22. The third-order valence-electron chi connectivity index (χ3n) is 6.62. The second-order valence-corrected chi connectivity index (χ2v) is 9.22. The third-order valence-corrected chi connectivity index (χ3v) is 6.62. The van der Waals surface area contributed by atoms with Crippen molar-refractivity contribution in [3.8, 4) is 22.9 Å². The van der Waals surface area contributed by atoms with E-state index in [1.54, 1.807) is 34.9 Å². The van der Waals surface area contributed by atoms with Gasteiger partial charge in [-0.15, -0.1) is 0 Å². The Morgan fingerprint density at radius 3 is 2.58 bits per heavy atom. The van der Waals surface area contributed by atoms with Crippen molar-refractivity contribution in [2.45, 2.75) is 25.9 Å². The molecule has 1 saturated heterocycles. The van der Waals surface area contributed by atoms with Gasteiger partial charge in [0.1, 0.15) is 12.0 Å². The molecule has 0 radical (unpaired) electrons. The quantitative estimate of drug-likeness (QED) is 0.365. The van der Waals surface area contributed by atoms with Gasteiger partial charge in [-0.05, 0) is 37.1 Å². The van der Waals surface area contributed by atoms with Gasteiger partial charge in [0, 0.05) is 57.2 Å². The zero-order chi connectivity index (χ0) is 28.4. The van der Waals surface area contributed by atoms with E-state index in [4.69, 9.17) is 9.84 Å². The van der Waals surface area contributed by atoms with Crippen molar-refractivity contribution in [3.05, 3.63) is 59.9 Å². The lowest BCUT2D eigenvalue weighted by Gasteiger charge is -2.35. The molecule has 1 aromatic carbocycles. The monoisotopic (exact) mass is 558 g/mol. The first-order chi connectivity index (χ1) is 19.2. The lowest BCUT2D eigenvalue weighted by Crippen LogP contribution is -2.50. The lowest BCUT2D eigenvalue weighted by atomic mass is 10.1. The number of hydrogen-bond acceptors (Lipinski definition) is 8. The number of fused-ring (bicyclic) bond motifs is 1. The highest BCUT2D eigenvalue weighted by Crippen LogP contribution is 2.37. The van der Waals surface area contributed by atoms with Gasteiger partial charge < -0.3 is 24.2 Å². The molecule has 0 unspecified atom stereocenters. The maximum atomic E-state index is 13.3. The van der Waals surface area contributed by atoms with E-state index in [0.29, 0.717) is 49.5 Å². The zero-order valence-corrected chi connectivity index (χ0v) is 21.4. The number of rotatable bonds is 7. The van der Waals surface area contributed by atoms with E-state index in [2.05, 4.69) is 19.6 Å². The summed E-state index contributed by atoms with van der Waals surface area (Å²) in [6.45, 7) is 3.38. The highest BCUT2D eigenvalue weighted by Gasteiger charge is 2.38. The van der Waals surface area contributed by atoms with E-state index in [1.165, 1.54) is 23.0 Å². The van der Waals surface area contributed by atoms with E-state index >= 15 is 0 Å². The van der Waals surface area contributed by atoms with E-state index in [0.717, 1.165) is 6.26 Å². The number of aliphatic hydroxyl groups is 1. The van der Waals surface area contributed by atoms with Crippen LogP contribution in [-0.4, -0.2) is 79.0 Å². The van der Waals surface area contributed by atoms with Crippen molar-refractivity contribution in [3.63, 3.8) is 0 Å². The second kappa shape index (κ2) is 11.0. The minimum Gasteiger partial charge on any atom is -0.436 e. The molecule has 3 aromatic heterocycles. The Kier molecular flexibility index (Phi) is 7.43. The summed E-state index contributed by atoms with van der Waals surface area (Å²) in [5, 5.41) is 12.0. The van der Waals surface area contributed by atoms with E-state index in [-0.39, 0.29) is 47.6 Å². The van der Waals surface area contributed by atoms with Crippen molar-refractivity contribution in [1.29, 1.82) is 0 Å². The number of aliphatic hydroxyl groups excluding tert-OH is 1. The van der Waals surface area contributed by atoms with Crippen molar-refractivity contribution >= 4 is 17.5 Å². The van der Waals surface area contributed by atoms with Crippen LogP contribution in [0.4, 0.5) is 13.2 Å². The Hall–Kier alpha value is -4.46. The number of ether oxygens (including phenoxy) is 1. The molecule has 1 aliphatic heterocycles. The number of aryl methyl sites for hydroxylation is 1. The van der Waals surface area contributed by atoms with Crippen LogP contribution in [-0.2, 0) is 11.0 Å². The minimum atomic E-state index is -4.71. The molecule has 0 aliphatic carbocycles. The fraction of sp³-hybridized carbons (Fsp3) is 0.346. The fourth-order valence-electron chi connectivity index (χ4n) is 4.56. The first-order valence-electron chi connectivity index (χ1n) is 12.5. The number of amides is 2. The number of piperazine rings is 1. The van der Waals surface area contributed by atoms with Crippen LogP contribution in [0.3, 0.4) is 0 Å². The van der Waals surface area contributed by atoms with Crippen molar-refractivity contribution in [2.75, 3.05) is 32.8 Å². The summed E-state index contributed by atoms with van der Waals surface area (Å²) in [6, 6.07) is 4.90. The van der Waals surface area contributed by atoms with Crippen molar-refractivity contribution in [1.82, 2.24) is 29.3 Å². The molecule has 14 heteroatoms. The predicted octanol–water partition coefficient (Wildman–Crippen LogP) is 3.56. The molecule has 4 aromatic rings. The van der Waals surface area contributed by atoms with Gasteiger partial charge in [-0.3, -0.25) is 14.0 Å². The standard InChI is InChI=1S/C26H25F3N6O5/c1-16-13-17(4-5-18(16)25(38)34-10-8-33(9-11-34)21(37)3-2-12-36)40-24-23-31-14-20(35(23)7-6-30-24)19-15-39-32-22(19)26(27,28)29/h4-7,13-15,36H,2-3,8-12H2,1H3. The van der Waals surface area contributed by atoms with Gasteiger partial charge in [0.2, 0.25) is 11.6 Å². The van der Waals surface area contributed by atoms with Gasteiger partial charge in [-0.25, -0.2) is 9.97 Å². The predicted molar refractivity (Wildman–Crippen MR) is 134 cm³/mol. The Bertz CT molecular complexity index is 1540. The topological polar surface area (TPSA) is 126 Å². The Labute approximate surface area is 225 Å². The molecule has 0 bridgehead atoms. The summed E-state index contributed by atoms with van der Waals surface area (Å²) >= 11 is 0. The SMILES string of the molecule is Cc1cc(Oc2nccn3c(-c4conc4C(F)(F)F)cnc23)ccc1C(=O)N1CCN(C(=O)CCCO)CC1. The molecule has 5 rings (SSSR count). The van der Waals surface area contributed by atoms with Crippen LogP contribution in [0, 0.1) is 6.92 Å². The zero-order valence-electron chi connectivity index (χ0n) is 21.4. The molecule has 4 heterocycles. The van der Waals surface area contributed by atoms with Gasteiger partial charge in [0.05, 0.1) is 17.5 Å². The average molecular weight is 559 g/mol. The fourth-order valence-corrected chi connectivity index (χ4v) is 4.56. The maximum Gasteiger partial charge on any atom is 0.437 e. The molecule has 0 spiro atoms. The molecule has 210 valence electrons. The van der Waals surface area contributed by atoms with Crippen LogP contribution >= 0.6 is 0 Å². The number of halogens is 3. The van der Waals surface area contributed by atoms with Gasteiger partial charge in [0.15, 0.2) is 5.69 Å². The molecule has 1 N–H and O–H groups in total. The summed E-state index contributed by atoms with van der Waals surface area (Å²) in [4.78, 5) is 37.1. The first kappa shape index (κ1) is 27.1. The molecule has 2 amide bonds. The lowest BCUT2D eigenvalue weighted by molar-refractivity contribution is -0.142. The van der Waals surface area contributed by atoms with Crippen LogP contribution < -0.4 is 4.74 Å². The maximum absolute atomic E-state index is 13.3. The first-order valence-corrected chi connectivity index (χ1v) is 12.5. The number of hydrogen-bond donors (Lipinski definition) is 1. The molecule has 0 saturated carbocycles. The molecule has 1 aliphatic rings. The number of nitrogens with zero attached hydrogens (tertiary/aromatic N) is 6. The van der Waals surface area contributed by atoms with E-state index < -0.39 is 11.9 Å². The molecular weight excluding hydrogens is 533 g/mol. The molecule has 40 heavy (non-hydrogen) atoms. The summed E-state index contributed by atoms with van der Waals surface area (Å²) in [5.74, 6) is 0.215. The summed E-state index contributed by atoms with van der Waals surface area (Å²) in [7, 11) is 0. The largest absolute Gasteiger partial charge is 0.437 e. The molecule has 0 atom stereocenters. The third kappa shape index (κ3) is 5.34. The highest BCUT2D eigenvalue weighted by molar-refractivity contribution is 5.96. The normalized spacial score (nSPS) is 14.1. The Balaban J connectivity index is 1.30. The average Bonchev–Trinajstić information content (AvgIpc) is 3.59. The number of benzene rings is 1. The van der Waals surface area contributed by atoms with Crippen molar-refractivity contribution in [2.24, 2.45) is 0 Å². The van der Waals surface area contributed by atoms with E-state index in [9.17, 15) is 22.8 Å². The highest BCUT2D eigenvalue weighted by atomic mass is 19.4.